The van der Waals surface area contributed by atoms with Crippen LogP contribution in [0.4, 0.5) is 0 Å². The van der Waals surface area contributed by atoms with Crippen LogP contribution < -0.4 is 0 Å². The highest BCUT2D eigenvalue weighted by Crippen LogP contribution is 2.25. The zero-order valence-electron chi connectivity index (χ0n) is 16.4. The lowest BCUT2D eigenvalue weighted by Gasteiger charge is -2.05. The number of hydrogen-bond donors (Lipinski definition) is 0. The summed E-state index contributed by atoms with van der Waals surface area (Å²) in [6.07, 6.45) is 5.75. The Kier molecular flexibility index (Phi) is 10.2. The first-order chi connectivity index (χ1) is 12.7. The molecule has 134 valence electrons. The standard InChI is InChI=1S/C19H16.C4H8.C3H6/c1-15-6-5-9-19(14-15)18-12-10-17(11-13-18)16-7-3-2-4-8-16;1-3-4-2;1-3-2/h2-14H,1H3;3-4H,1-2H3;3H,1H2,2H3/b;4-3-;. The van der Waals surface area contributed by atoms with Crippen molar-refractivity contribution in [2.45, 2.75) is 27.7 Å². The average molecular weight is 343 g/mol. The molecule has 3 rings (SSSR count). The molecule has 0 aromatic heterocycles. The minimum Gasteiger partial charge on any atom is -0.103 e. The van der Waals surface area contributed by atoms with Crippen LogP contribution >= 0.6 is 0 Å². The molecule has 0 N–H and O–H groups in total. The maximum absolute atomic E-state index is 3.36. The second-order valence-corrected chi connectivity index (χ2v) is 5.89. The fourth-order valence-electron chi connectivity index (χ4n) is 2.31. The third-order valence-corrected chi connectivity index (χ3v) is 3.68. The molecule has 3 aromatic carbocycles. The summed E-state index contributed by atoms with van der Waals surface area (Å²) in [5, 5.41) is 0. The van der Waals surface area contributed by atoms with Gasteiger partial charge in [-0.15, -0.1) is 6.58 Å². The van der Waals surface area contributed by atoms with Gasteiger partial charge in [-0.1, -0.05) is 103 Å². The maximum Gasteiger partial charge on any atom is -0.0181 e. The highest BCUT2D eigenvalue weighted by molar-refractivity contribution is 5.70. The van der Waals surface area contributed by atoms with Crippen molar-refractivity contribution in [3.63, 3.8) is 0 Å². The van der Waals surface area contributed by atoms with Crippen molar-refractivity contribution in [2.75, 3.05) is 0 Å². The van der Waals surface area contributed by atoms with E-state index in [4.69, 9.17) is 0 Å². The van der Waals surface area contributed by atoms with Crippen LogP contribution in [0.25, 0.3) is 22.3 Å². The van der Waals surface area contributed by atoms with Crippen LogP contribution in [0.1, 0.15) is 26.3 Å². The Balaban J connectivity index is 0.000000419. The monoisotopic (exact) mass is 342 g/mol. The number of hydrogen-bond acceptors (Lipinski definition) is 0. The van der Waals surface area contributed by atoms with Gasteiger partial charge in [0.05, 0.1) is 0 Å². The van der Waals surface area contributed by atoms with Gasteiger partial charge in [0.1, 0.15) is 0 Å². The van der Waals surface area contributed by atoms with E-state index in [9.17, 15) is 0 Å². The van der Waals surface area contributed by atoms with E-state index >= 15 is 0 Å². The molecule has 0 radical (unpaired) electrons. The molecule has 0 unspecified atom stereocenters. The zero-order chi connectivity index (χ0) is 19.2. The van der Waals surface area contributed by atoms with Gasteiger partial charge >= 0.3 is 0 Å². The molecule has 0 heterocycles. The first-order valence-electron chi connectivity index (χ1n) is 9.03. The molecule has 0 fully saturated rings. The van der Waals surface area contributed by atoms with Gasteiger partial charge in [0, 0.05) is 0 Å². The molecule has 0 aliphatic carbocycles. The topological polar surface area (TPSA) is 0 Å². The molecule has 3 aromatic rings. The lowest BCUT2D eigenvalue weighted by Crippen LogP contribution is -1.81. The minimum absolute atomic E-state index is 1.26. The Hall–Kier alpha value is -2.86. The summed E-state index contributed by atoms with van der Waals surface area (Å²) in [4.78, 5) is 0. The van der Waals surface area contributed by atoms with Crippen molar-refractivity contribution in [3.05, 3.63) is 109 Å². The summed E-state index contributed by atoms with van der Waals surface area (Å²) < 4.78 is 0. The summed E-state index contributed by atoms with van der Waals surface area (Å²) in [7, 11) is 0. The van der Waals surface area contributed by atoms with E-state index in [1.807, 2.05) is 39.0 Å². The molecule has 26 heavy (non-hydrogen) atoms. The molecular formula is C26H30. The Morgan fingerprint density at radius 1 is 0.577 bits per heavy atom. The van der Waals surface area contributed by atoms with Gasteiger partial charge in [0.15, 0.2) is 0 Å². The van der Waals surface area contributed by atoms with Crippen LogP contribution in [0.15, 0.2) is 104 Å². The summed E-state index contributed by atoms with van der Waals surface area (Å²) in [5.41, 5.74) is 6.36. The van der Waals surface area contributed by atoms with Crippen molar-refractivity contribution in [1.82, 2.24) is 0 Å². The van der Waals surface area contributed by atoms with Gasteiger partial charge < -0.3 is 0 Å². The van der Waals surface area contributed by atoms with Gasteiger partial charge in [-0.2, -0.15) is 0 Å². The lowest BCUT2D eigenvalue weighted by atomic mass is 9.99. The molecular weight excluding hydrogens is 312 g/mol. The Morgan fingerprint density at radius 2 is 1.00 bits per heavy atom. The fourth-order valence-corrected chi connectivity index (χ4v) is 2.31. The number of rotatable bonds is 2. The van der Waals surface area contributed by atoms with E-state index in [0.29, 0.717) is 0 Å². The number of allylic oxidation sites excluding steroid dienone is 3. The van der Waals surface area contributed by atoms with Crippen molar-refractivity contribution in [3.8, 4) is 22.3 Å². The molecule has 0 heteroatoms. The van der Waals surface area contributed by atoms with E-state index in [0.717, 1.165) is 0 Å². The van der Waals surface area contributed by atoms with E-state index in [1.165, 1.54) is 27.8 Å². The van der Waals surface area contributed by atoms with E-state index in [-0.39, 0.29) is 0 Å². The second-order valence-electron chi connectivity index (χ2n) is 5.89. The third-order valence-electron chi connectivity index (χ3n) is 3.68. The first-order valence-corrected chi connectivity index (χ1v) is 9.03. The zero-order valence-corrected chi connectivity index (χ0v) is 16.4. The smallest absolute Gasteiger partial charge is 0.0181 e. The molecule has 0 aliphatic rings. The molecule has 0 spiro atoms. The van der Waals surface area contributed by atoms with Gasteiger partial charge in [0.2, 0.25) is 0 Å². The molecule has 0 saturated heterocycles. The van der Waals surface area contributed by atoms with Crippen molar-refractivity contribution in [1.29, 1.82) is 0 Å². The Bertz CT molecular complexity index is 774. The molecule has 0 saturated carbocycles. The third kappa shape index (κ3) is 7.36. The summed E-state index contributed by atoms with van der Waals surface area (Å²) in [5.74, 6) is 0. The van der Waals surface area contributed by atoms with Crippen LogP contribution in [0.5, 0.6) is 0 Å². The van der Waals surface area contributed by atoms with Crippen molar-refractivity contribution in [2.24, 2.45) is 0 Å². The van der Waals surface area contributed by atoms with Crippen LogP contribution in [-0.2, 0) is 0 Å². The van der Waals surface area contributed by atoms with Crippen molar-refractivity contribution >= 4 is 0 Å². The van der Waals surface area contributed by atoms with Gasteiger partial charge in [-0.25, -0.2) is 0 Å². The predicted octanol–water partition coefficient (Wildman–Crippen LogP) is 8.10. The highest BCUT2D eigenvalue weighted by Gasteiger charge is 2.00. The highest BCUT2D eigenvalue weighted by atomic mass is 14.0. The van der Waals surface area contributed by atoms with E-state index < -0.39 is 0 Å². The molecule has 0 nitrogen and oxygen atoms in total. The summed E-state index contributed by atoms with van der Waals surface area (Å²) in [6.45, 7) is 11.4. The molecule has 0 atom stereocenters. The van der Waals surface area contributed by atoms with Crippen LogP contribution in [0.2, 0.25) is 0 Å². The summed E-state index contributed by atoms with van der Waals surface area (Å²) in [6, 6.07) is 27.8. The number of aryl methyl sites for hydroxylation is 1. The fraction of sp³-hybridized carbons (Fsp3) is 0.154. The van der Waals surface area contributed by atoms with Gasteiger partial charge in [-0.05, 0) is 49.9 Å². The van der Waals surface area contributed by atoms with E-state index in [1.54, 1.807) is 6.08 Å². The maximum atomic E-state index is 3.36. The predicted molar refractivity (Wildman–Crippen MR) is 118 cm³/mol. The quantitative estimate of drug-likeness (QED) is 0.413. The largest absolute Gasteiger partial charge is 0.103 e. The van der Waals surface area contributed by atoms with E-state index in [2.05, 4.69) is 86.3 Å². The van der Waals surface area contributed by atoms with Crippen LogP contribution in [0.3, 0.4) is 0 Å². The SMILES string of the molecule is C/C=C\C.C=CC.Cc1cccc(-c2ccc(-c3ccccc3)cc2)c1. The molecule has 0 aliphatic heterocycles. The first kappa shape index (κ1) is 21.2. The molecule has 0 bridgehead atoms. The average Bonchev–Trinajstić information content (AvgIpc) is 2.70. The number of benzene rings is 3. The Morgan fingerprint density at radius 3 is 1.46 bits per heavy atom. The second kappa shape index (κ2) is 12.5. The van der Waals surface area contributed by atoms with Gasteiger partial charge in [-0.3, -0.25) is 0 Å². The normalized spacial score (nSPS) is 9.54. The van der Waals surface area contributed by atoms with Crippen LogP contribution in [-0.4, -0.2) is 0 Å². The Labute approximate surface area is 159 Å². The summed E-state index contributed by atoms with van der Waals surface area (Å²) >= 11 is 0. The minimum atomic E-state index is 1.26. The lowest BCUT2D eigenvalue weighted by molar-refractivity contribution is 1.47. The molecule has 0 amide bonds. The van der Waals surface area contributed by atoms with Crippen LogP contribution in [0, 0.1) is 6.92 Å². The van der Waals surface area contributed by atoms with Crippen molar-refractivity contribution < 1.29 is 0 Å². The van der Waals surface area contributed by atoms with Gasteiger partial charge in [0.25, 0.3) is 0 Å².